The van der Waals surface area contributed by atoms with Gasteiger partial charge < -0.3 is 24.8 Å². The molecule has 7 rings (SSSR count). The first-order chi connectivity index (χ1) is 28.7. The van der Waals surface area contributed by atoms with E-state index in [9.17, 15) is 45.5 Å². The number of allylic oxidation sites excluding steroid dienone is 1. The SMILES string of the molecule is CC[C@@H]1C[C@H](C)CCC=C[C@@H]2C[C@@]2(C(=O)NS(=O)(=O)C2(CF)CC2)NC(=O)[C@@H]2C[C@@H](Oc3nc4c(c5ccccc35)CCCO4)CN2C(=O)[C@H]1N(C(=O)O)C(C)(C)C(F)(F)F. The number of halogens is 4. The van der Waals surface area contributed by atoms with Gasteiger partial charge in [0.15, 0.2) is 0 Å². The van der Waals surface area contributed by atoms with Crippen LogP contribution in [0.15, 0.2) is 36.4 Å². The standard InChI is InChI=1S/C42H53F4N5O9S/c1-5-25-19-24(2)11-6-7-12-26-21-41(26,37(54)49-61(57,58)40(23-43)16-17-40)48-33(52)31-20-27(22-50(31)36(53)32(25)51(38(55)56)39(3,4)42(44,45)46)60-35-30-14-9-8-13-28(30)29-15-10-18-59-34(29)47-35/h7-9,12-14,24-27,31-32H,5-6,10-11,15-23H2,1-4H3,(H,48,52)(H,49,54)(H,55,56)/t24-,25-,26-,27-,31+,32+,41-/m1/s1. The van der Waals surface area contributed by atoms with Crippen molar-refractivity contribution in [2.24, 2.45) is 17.8 Å². The van der Waals surface area contributed by atoms with Crippen LogP contribution in [0.25, 0.3) is 10.8 Å². The minimum Gasteiger partial charge on any atom is -0.477 e. The molecule has 1 aromatic carbocycles. The summed E-state index contributed by atoms with van der Waals surface area (Å²) in [5.74, 6) is -4.45. The van der Waals surface area contributed by atoms with Crippen LogP contribution in [0.4, 0.5) is 22.4 Å². The summed E-state index contributed by atoms with van der Waals surface area (Å²) in [7, 11) is -4.51. The van der Waals surface area contributed by atoms with E-state index in [1.54, 1.807) is 31.2 Å². The molecule has 4 heterocycles. The lowest BCUT2D eigenvalue weighted by molar-refractivity contribution is -0.222. The van der Waals surface area contributed by atoms with E-state index in [4.69, 9.17) is 9.47 Å². The van der Waals surface area contributed by atoms with Crippen molar-refractivity contribution in [3.05, 3.63) is 42.0 Å². The second-order valence-corrected chi connectivity index (χ2v) is 19.9. The van der Waals surface area contributed by atoms with Crippen molar-refractivity contribution in [2.45, 2.75) is 132 Å². The van der Waals surface area contributed by atoms with Crippen molar-refractivity contribution in [3.63, 3.8) is 0 Å². The zero-order valence-electron chi connectivity index (χ0n) is 34.6. The van der Waals surface area contributed by atoms with Gasteiger partial charge in [0.05, 0.1) is 13.2 Å². The second-order valence-electron chi connectivity index (χ2n) is 17.9. The Labute approximate surface area is 351 Å². The van der Waals surface area contributed by atoms with Gasteiger partial charge in [-0.3, -0.25) is 24.0 Å². The smallest absolute Gasteiger partial charge is 0.411 e. The van der Waals surface area contributed by atoms with Crippen LogP contribution in [0.1, 0.15) is 91.0 Å². The highest BCUT2D eigenvalue weighted by Crippen LogP contribution is 2.48. The Morgan fingerprint density at radius 1 is 1.15 bits per heavy atom. The summed E-state index contributed by atoms with van der Waals surface area (Å²) in [5.41, 5.74) is -4.02. The lowest BCUT2D eigenvalue weighted by Gasteiger charge is -2.46. The van der Waals surface area contributed by atoms with E-state index in [2.05, 4.69) is 10.3 Å². The summed E-state index contributed by atoms with van der Waals surface area (Å²) in [6.45, 7) is 3.72. The summed E-state index contributed by atoms with van der Waals surface area (Å²) < 4.78 is 97.6. The number of sulfonamides is 1. The third kappa shape index (κ3) is 8.10. The topological polar surface area (TPSA) is 185 Å². The fraction of sp³-hybridized carbons (Fsp3) is 0.643. The number of rotatable bonds is 9. The number of nitrogens with zero attached hydrogens (tertiary/aromatic N) is 3. The Hall–Kier alpha value is -4.68. The van der Waals surface area contributed by atoms with Crippen LogP contribution in [0.5, 0.6) is 11.8 Å². The molecule has 0 unspecified atom stereocenters. The Kier molecular flexibility index (Phi) is 11.8. The van der Waals surface area contributed by atoms with Gasteiger partial charge in [0.25, 0.3) is 5.91 Å². The molecule has 0 spiro atoms. The van der Waals surface area contributed by atoms with Crippen molar-refractivity contribution < 1.29 is 59.7 Å². The minimum atomic E-state index is -5.12. The molecule has 2 aliphatic carbocycles. The molecule has 5 aliphatic rings. The number of aryl methyl sites for hydroxylation is 1. The fourth-order valence-corrected chi connectivity index (χ4v) is 10.6. The highest BCUT2D eigenvalue weighted by molar-refractivity contribution is 7.91. The number of amides is 4. The first-order valence-electron chi connectivity index (χ1n) is 20.9. The molecule has 7 atom stereocenters. The van der Waals surface area contributed by atoms with Crippen LogP contribution >= 0.6 is 0 Å². The second kappa shape index (κ2) is 16.2. The van der Waals surface area contributed by atoms with Crippen LogP contribution < -0.4 is 19.5 Å². The van der Waals surface area contributed by atoms with Crippen LogP contribution in [0, 0.1) is 17.8 Å². The molecule has 2 saturated carbocycles. The van der Waals surface area contributed by atoms with E-state index >= 15 is 4.79 Å². The maximum Gasteiger partial charge on any atom is 0.411 e. The normalized spacial score (nSPS) is 29.1. The molecule has 0 radical (unpaired) electrons. The van der Waals surface area contributed by atoms with E-state index < -0.39 is 92.5 Å². The summed E-state index contributed by atoms with van der Waals surface area (Å²) >= 11 is 0. The summed E-state index contributed by atoms with van der Waals surface area (Å²) in [6, 6.07) is 3.85. The lowest BCUT2D eigenvalue weighted by Crippen LogP contribution is -2.66. The van der Waals surface area contributed by atoms with Crippen LogP contribution in [0.3, 0.4) is 0 Å². The van der Waals surface area contributed by atoms with E-state index in [0.29, 0.717) is 51.0 Å². The van der Waals surface area contributed by atoms with Crippen molar-refractivity contribution >= 4 is 44.6 Å². The highest BCUT2D eigenvalue weighted by Gasteiger charge is 2.64. The third-order valence-corrected chi connectivity index (χ3v) is 15.5. The number of pyridine rings is 1. The predicted octanol–water partition coefficient (Wildman–Crippen LogP) is 5.82. The molecular weight excluding hydrogens is 827 g/mol. The summed E-state index contributed by atoms with van der Waals surface area (Å²) in [4.78, 5) is 62.9. The molecule has 19 heteroatoms. The summed E-state index contributed by atoms with van der Waals surface area (Å²) in [5, 5.41) is 14.7. The summed E-state index contributed by atoms with van der Waals surface area (Å²) in [6.07, 6.45) is -2.30. The highest BCUT2D eigenvalue weighted by atomic mass is 32.2. The average molecular weight is 880 g/mol. The Morgan fingerprint density at radius 3 is 2.49 bits per heavy atom. The molecule has 14 nitrogen and oxygen atoms in total. The molecule has 3 fully saturated rings. The van der Waals surface area contributed by atoms with E-state index in [0.717, 1.165) is 22.3 Å². The molecule has 3 N–H and O–H groups in total. The van der Waals surface area contributed by atoms with Gasteiger partial charge in [-0.25, -0.2) is 17.6 Å². The third-order valence-electron chi connectivity index (χ3n) is 13.4. The Balaban J connectivity index is 1.31. The first kappa shape index (κ1) is 44.4. The average Bonchev–Trinajstić information content (AvgIpc) is 4.11. The molecule has 3 aliphatic heterocycles. The number of ether oxygens (including phenoxy) is 2. The molecule has 334 valence electrons. The maximum atomic E-state index is 15.2. The van der Waals surface area contributed by atoms with Gasteiger partial charge in [-0.05, 0) is 88.5 Å². The zero-order chi connectivity index (χ0) is 44.3. The number of aromatic nitrogens is 1. The van der Waals surface area contributed by atoms with Gasteiger partial charge in [0.2, 0.25) is 33.6 Å². The van der Waals surface area contributed by atoms with Crippen molar-refractivity contribution in [1.82, 2.24) is 24.8 Å². The van der Waals surface area contributed by atoms with Gasteiger partial charge in [0, 0.05) is 23.3 Å². The van der Waals surface area contributed by atoms with Gasteiger partial charge >= 0.3 is 12.3 Å². The molecule has 0 bridgehead atoms. The van der Waals surface area contributed by atoms with E-state index in [-0.39, 0.29) is 61.8 Å². The number of hydrogen-bond acceptors (Lipinski definition) is 9. The monoisotopic (exact) mass is 879 g/mol. The number of benzene rings is 1. The number of nitrogens with one attached hydrogen (secondary N) is 2. The van der Waals surface area contributed by atoms with Crippen LogP contribution in [-0.2, 0) is 30.8 Å². The number of alkyl halides is 4. The van der Waals surface area contributed by atoms with Crippen molar-refractivity contribution in [2.75, 3.05) is 19.8 Å². The predicted molar refractivity (Wildman–Crippen MR) is 214 cm³/mol. The number of carbonyl (C=O) groups excluding carboxylic acids is 3. The molecule has 1 aromatic heterocycles. The molecular formula is C42H53F4N5O9S. The fourth-order valence-electron chi connectivity index (χ4n) is 9.22. The Morgan fingerprint density at radius 2 is 1.85 bits per heavy atom. The molecule has 61 heavy (non-hydrogen) atoms. The van der Waals surface area contributed by atoms with Crippen LogP contribution in [0.2, 0.25) is 0 Å². The number of fused-ring (bicyclic) bond motifs is 5. The largest absolute Gasteiger partial charge is 0.477 e. The molecule has 2 aromatic rings. The zero-order valence-corrected chi connectivity index (χ0v) is 35.4. The molecule has 4 amide bonds. The van der Waals surface area contributed by atoms with E-state index in [1.165, 1.54) is 0 Å². The van der Waals surface area contributed by atoms with Gasteiger partial charge in [-0.15, -0.1) is 0 Å². The lowest BCUT2D eigenvalue weighted by atomic mass is 9.82. The first-order valence-corrected chi connectivity index (χ1v) is 22.4. The van der Waals surface area contributed by atoms with Crippen molar-refractivity contribution in [3.8, 4) is 11.8 Å². The van der Waals surface area contributed by atoms with Crippen LogP contribution in [-0.4, -0.2) is 112 Å². The van der Waals surface area contributed by atoms with Crippen molar-refractivity contribution in [1.29, 1.82) is 0 Å². The molecule has 1 saturated heterocycles. The quantitative estimate of drug-likeness (QED) is 0.205. The number of hydrogen-bond donors (Lipinski definition) is 3. The number of carboxylic acid groups (broad SMARTS) is 1. The maximum absolute atomic E-state index is 15.2. The number of carbonyl (C=O) groups is 4. The van der Waals surface area contributed by atoms with Gasteiger partial charge in [-0.1, -0.05) is 50.6 Å². The minimum absolute atomic E-state index is 0.00639. The van der Waals surface area contributed by atoms with E-state index in [1.807, 2.05) is 23.8 Å². The van der Waals surface area contributed by atoms with Gasteiger partial charge in [0.1, 0.15) is 40.7 Å². The Bertz CT molecular complexity index is 2220. The van der Waals surface area contributed by atoms with Gasteiger partial charge in [-0.2, -0.15) is 18.2 Å².